The summed E-state index contributed by atoms with van der Waals surface area (Å²) >= 11 is 0. The van der Waals surface area contributed by atoms with Crippen LogP contribution in [0, 0.1) is 0 Å². The van der Waals surface area contributed by atoms with Crippen LogP contribution in [0.25, 0.3) is 0 Å². The van der Waals surface area contributed by atoms with Crippen molar-refractivity contribution in [2.45, 2.75) is 6.42 Å². The molecule has 0 unspecified atom stereocenters. The summed E-state index contributed by atoms with van der Waals surface area (Å²) in [5, 5.41) is 8.28. The number of aliphatic hydroxyl groups is 1. The summed E-state index contributed by atoms with van der Waals surface area (Å²) in [5.41, 5.74) is 0. The quantitative estimate of drug-likeness (QED) is 0.567. The predicted molar refractivity (Wildman–Crippen MR) is 41.0 cm³/mol. The first-order valence-electron chi connectivity index (χ1n) is 3.21. The van der Waals surface area contributed by atoms with Crippen LogP contribution >= 0.6 is 0 Å². The number of aliphatic hydroxyl groups excluding tert-OH is 1. The van der Waals surface area contributed by atoms with Crippen LogP contribution in [0.5, 0.6) is 0 Å². The van der Waals surface area contributed by atoms with Crippen LogP contribution < -0.4 is 4.72 Å². The zero-order chi connectivity index (χ0) is 9.61. The van der Waals surface area contributed by atoms with E-state index in [9.17, 15) is 13.2 Å². The average molecular weight is 197 g/mol. The monoisotopic (exact) mass is 197 g/mol. The van der Waals surface area contributed by atoms with Crippen LogP contribution in [0.4, 0.5) is 4.79 Å². The Bertz CT molecular complexity index is 234. The molecule has 0 aliphatic carbocycles. The third-order valence-corrected chi connectivity index (χ3v) is 1.34. The van der Waals surface area contributed by atoms with Crippen LogP contribution in [0.15, 0.2) is 0 Å². The van der Waals surface area contributed by atoms with Crippen LogP contribution in [0.2, 0.25) is 0 Å². The lowest BCUT2D eigenvalue weighted by Crippen LogP contribution is -2.30. The Kier molecular flexibility index (Phi) is 4.60. The summed E-state index contributed by atoms with van der Waals surface area (Å²) in [6.07, 6.45) is 0.114. The van der Waals surface area contributed by atoms with Crippen molar-refractivity contribution < 1.29 is 23.1 Å². The third kappa shape index (κ3) is 7.29. The molecule has 0 atom stereocenters. The maximum Gasteiger partial charge on any atom is 0.420 e. The van der Waals surface area contributed by atoms with E-state index in [1.54, 1.807) is 4.72 Å². The number of rotatable bonds is 4. The van der Waals surface area contributed by atoms with E-state index in [2.05, 4.69) is 4.74 Å². The molecular formula is C5H11NO5S. The van der Waals surface area contributed by atoms with Crippen LogP contribution in [-0.4, -0.2) is 39.1 Å². The normalized spacial score (nSPS) is 10.8. The molecule has 0 aromatic heterocycles. The van der Waals surface area contributed by atoms with Crippen molar-refractivity contribution in [1.29, 1.82) is 0 Å². The van der Waals surface area contributed by atoms with Crippen LogP contribution in [0.1, 0.15) is 6.42 Å². The fourth-order valence-electron chi connectivity index (χ4n) is 0.410. The van der Waals surface area contributed by atoms with Gasteiger partial charge in [-0.2, -0.15) is 0 Å². The van der Waals surface area contributed by atoms with E-state index in [0.717, 1.165) is 6.26 Å². The highest BCUT2D eigenvalue weighted by atomic mass is 32.2. The molecule has 0 saturated heterocycles. The van der Waals surface area contributed by atoms with Gasteiger partial charge in [-0.15, -0.1) is 0 Å². The minimum Gasteiger partial charge on any atom is -0.449 e. The molecule has 6 nitrogen and oxygen atoms in total. The highest BCUT2D eigenvalue weighted by Crippen LogP contribution is 1.84. The summed E-state index contributed by atoms with van der Waals surface area (Å²) in [6.45, 7) is -0.107. The molecule has 0 rings (SSSR count). The first-order chi connectivity index (χ1) is 5.45. The van der Waals surface area contributed by atoms with E-state index in [0.29, 0.717) is 0 Å². The van der Waals surface area contributed by atoms with E-state index < -0.39 is 16.1 Å². The van der Waals surface area contributed by atoms with Crippen molar-refractivity contribution in [1.82, 2.24) is 4.72 Å². The number of ether oxygens (including phenoxy) is 1. The predicted octanol–water partition coefficient (Wildman–Crippen LogP) is -0.945. The molecule has 72 valence electrons. The van der Waals surface area contributed by atoms with Gasteiger partial charge in [0.1, 0.15) is 0 Å². The highest BCUT2D eigenvalue weighted by molar-refractivity contribution is 7.89. The second kappa shape index (κ2) is 4.94. The Hall–Kier alpha value is -0.820. The zero-order valence-corrected chi connectivity index (χ0v) is 7.43. The summed E-state index contributed by atoms with van der Waals surface area (Å²) in [6, 6.07) is 0. The first kappa shape index (κ1) is 11.2. The average Bonchev–Trinajstić information content (AvgIpc) is 1.84. The standard InChI is InChI=1S/C5H11NO5S/c1-12(9,10)6-5(8)11-4-2-3-7/h7H,2-4H2,1H3,(H,6,8). The summed E-state index contributed by atoms with van der Waals surface area (Å²) in [4.78, 5) is 10.5. The topological polar surface area (TPSA) is 92.7 Å². The van der Waals surface area contributed by atoms with Crippen molar-refractivity contribution >= 4 is 16.1 Å². The van der Waals surface area contributed by atoms with E-state index >= 15 is 0 Å². The summed E-state index contributed by atoms with van der Waals surface area (Å²) in [5.74, 6) is 0. The second-order valence-electron chi connectivity index (χ2n) is 2.09. The molecule has 0 fully saturated rings. The number of sulfonamides is 1. The third-order valence-electron chi connectivity index (χ3n) is 0.804. The molecule has 0 aliphatic heterocycles. The number of nitrogens with one attached hydrogen (secondary N) is 1. The number of hydrogen-bond donors (Lipinski definition) is 2. The lowest BCUT2D eigenvalue weighted by molar-refractivity contribution is 0.141. The van der Waals surface area contributed by atoms with Gasteiger partial charge in [0.15, 0.2) is 0 Å². The van der Waals surface area contributed by atoms with Crippen molar-refractivity contribution in [3.05, 3.63) is 0 Å². The molecule has 0 aromatic carbocycles. The van der Waals surface area contributed by atoms with Gasteiger partial charge in [-0.05, 0) is 0 Å². The van der Waals surface area contributed by atoms with Crippen LogP contribution in [0.3, 0.4) is 0 Å². The second-order valence-corrected chi connectivity index (χ2v) is 3.84. The number of amides is 1. The molecular weight excluding hydrogens is 186 g/mol. The van der Waals surface area contributed by atoms with Gasteiger partial charge in [0.25, 0.3) is 0 Å². The van der Waals surface area contributed by atoms with Gasteiger partial charge in [-0.3, -0.25) is 0 Å². The summed E-state index contributed by atoms with van der Waals surface area (Å²) in [7, 11) is -3.55. The van der Waals surface area contributed by atoms with Crippen molar-refractivity contribution in [2.75, 3.05) is 19.5 Å². The maximum atomic E-state index is 10.5. The molecule has 0 radical (unpaired) electrons. The number of carbonyl (C=O) groups excluding carboxylic acids is 1. The molecule has 0 heterocycles. The van der Waals surface area contributed by atoms with E-state index in [4.69, 9.17) is 5.11 Å². The molecule has 0 spiro atoms. The SMILES string of the molecule is CS(=O)(=O)NC(=O)OCCCO. The Morgan fingerprint density at radius 3 is 2.58 bits per heavy atom. The van der Waals surface area contributed by atoms with E-state index in [1.807, 2.05) is 0 Å². The largest absolute Gasteiger partial charge is 0.449 e. The lowest BCUT2D eigenvalue weighted by Gasteiger charge is -2.03. The molecule has 0 bridgehead atoms. The van der Waals surface area contributed by atoms with Gasteiger partial charge >= 0.3 is 6.09 Å². The Labute approximate surface area is 70.6 Å². The summed E-state index contributed by atoms with van der Waals surface area (Å²) < 4.78 is 26.8. The minimum atomic E-state index is -3.55. The smallest absolute Gasteiger partial charge is 0.420 e. The molecule has 2 N–H and O–H groups in total. The minimum absolute atomic E-state index is 0.00213. The van der Waals surface area contributed by atoms with Gasteiger partial charge in [0.05, 0.1) is 12.9 Å². The Morgan fingerprint density at radius 1 is 1.58 bits per heavy atom. The van der Waals surface area contributed by atoms with Crippen LogP contribution in [-0.2, 0) is 14.8 Å². The van der Waals surface area contributed by atoms with Gasteiger partial charge in [0, 0.05) is 13.0 Å². The molecule has 7 heteroatoms. The van der Waals surface area contributed by atoms with Gasteiger partial charge in [0.2, 0.25) is 10.0 Å². The molecule has 0 aliphatic rings. The fourth-order valence-corrected chi connectivity index (χ4v) is 0.772. The van der Waals surface area contributed by atoms with Gasteiger partial charge < -0.3 is 9.84 Å². The maximum absolute atomic E-state index is 10.5. The zero-order valence-electron chi connectivity index (χ0n) is 6.61. The van der Waals surface area contributed by atoms with E-state index in [-0.39, 0.29) is 19.6 Å². The van der Waals surface area contributed by atoms with Gasteiger partial charge in [-0.25, -0.2) is 17.9 Å². The lowest BCUT2D eigenvalue weighted by atomic mass is 10.5. The Balaban J connectivity index is 3.62. The molecule has 0 aromatic rings. The van der Waals surface area contributed by atoms with Gasteiger partial charge in [-0.1, -0.05) is 0 Å². The molecule has 0 saturated carbocycles. The van der Waals surface area contributed by atoms with Crippen molar-refractivity contribution in [2.24, 2.45) is 0 Å². The fraction of sp³-hybridized carbons (Fsp3) is 0.800. The van der Waals surface area contributed by atoms with Crippen molar-refractivity contribution in [3.8, 4) is 0 Å². The molecule has 1 amide bonds. The first-order valence-corrected chi connectivity index (χ1v) is 5.10. The van der Waals surface area contributed by atoms with Crippen molar-refractivity contribution in [3.63, 3.8) is 0 Å². The Morgan fingerprint density at radius 2 is 2.17 bits per heavy atom. The van der Waals surface area contributed by atoms with E-state index in [1.165, 1.54) is 0 Å². The number of hydrogen-bond acceptors (Lipinski definition) is 5. The number of carbonyl (C=O) groups is 1. The highest BCUT2D eigenvalue weighted by Gasteiger charge is 2.07. The molecule has 12 heavy (non-hydrogen) atoms.